The highest BCUT2D eigenvalue weighted by atomic mass is 19.4. The summed E-state index contributed by atoms with van der Waals surface area (Å²) in [4.78, 5) is 31.5. The number of aromatic hydroxyl groups is 1. The number of fused-ring (bicyclic) bond motifs is 1. The Balaban J connectivity index is 1.39. The van der Waals surface area contributed by atoms with Crippen molar-refractivity contribution in [3.8, 4) is 11.5 Å². The number of amides is 1. The van der Waals surface area contributed by atoms with Crippen LogP contribution in [-0.2, 0) is 17.8 Å². The second-order valence-corrected chi connectivity index (χ2v) is 10.6. The van der Waals surface area contributed by atoms with E-state index in [4.69, 9.17) is 4.99 Å². The number of carbonyl (C=O) groups is 1. The Labute approximate surface area is 251 Å². The first-order valence-corrected chi connectivity index (χ1v) is 14.0. The maximum Gasteiger partial charge on any atom is 0.573 e. The minimum atomic E-state index is -4.81. The van der Waals surface area contributed by atoms with Gasteiger partial charge in [-0.1, -0.05) is 18.2 Å². The molecule has 44 heavy (non-hydrogen) atoms. The molecule has 0 spiro atoms. The largest absolute Gasteiger partial charge is 0.573 e. The van der Waals surface area contributed by atoms with Crippen molar-refractivity contribution in [3.63, 3.8) is 0 Å². The zero-order valence-electron chi connectivity index (χ0n) is 23.7. The molecule has 4 aromatic rings. The summed E-state index contributed by atoms with van der Waals surface area (Å²) in [6.45, 7) is 2.11. The van der Waals surface area contributed by atoms with Gasteiger partial charge in [0.15, 0.2) is 5.82 Å². The fraction of sp³-hybridized carbons (Fsp3) is 0.212. The number of alkyl halides is 3. The first kappa shape index (κ1) is 28.9. The molecule has 224 valence electrons. The second kappa shape index (κ2) is 11.8. The number of benzene rings is 2. The van der Waals surface area contributed by atoms with Crippen molar-refractivity contribution in [1.82, 2.24) is 14.9 Å². The van der Waals surface area contributed by atoms with Crippen LogP contribution in [0.4, 0.5) is 24.7 Å². The number of anilines is 1. The molecular formula is C33H28F3N5O3. The zero-order chi connectivity index (χ0) is 30.8. The number of hydrogen-bond donors (Lipinski definition) is 1. The molecule has 0 saturated heterocycles. The zero-order valence-corrected chi connectivity index (χ0v) is 23.7. The van der Waals surface area contributed by atoms with E-state index >= 15 is 0 Å². The molecule has 2 aliphatic rings. The van der Waals surface area contributed by atoms with Crippen LogP contribution in [0.15, 0.2) is 102 Å². The summed E-state index contributed by atoms with van der Waals surface area (Å²) in [5, 5.41) is 10.0. The van der Waals surface area contributed by atoms with Crippen LogP contribution in [0.5, 0.6) is 11.5 Å². The van der Waals surface area contributed by atoms with Crippen LogP contribution in [-0.4, -0.2) is 44.1 Å². The number of amidine groups is 1. The Morgan fingerprint density at radius 2 is 1.73 bits per heavy atom. The van der Waals surface area contributed by atoms with Gasteiger partial charge in [-0.25, -0.2) is 9.98 Å². The number of phenols is 1. The van der Waals surface area contributed by atoms with Crippen molar-refractivity contribution in [2.75, 3.05) is 4.90 Å². The first-order chi connectivity index (χ1) is 21.2. The molecular weight excluding hydrogens is 571 g/mol. The van der Waals surface area contributed by atoms with E-state index in [1.54, 1.807) is 53.8 Å². The number of ether oxygens (including phenoxy) is 1. The Morgan fingerprint density at radius 3 is 2.39 bits per heavy atom. The molecule has 2 aromatic heterocycles. The van der Waals surface area contributed by atoms with Gasteiger partial charge in [0.25, 0.3) is 0 Å². The standard InChI is InChI=1S/C33H28F3N5O3/c1-21(32-39-31-28(5-3-17-38-31)30(24-8-9-24)41(32)25-10-12-26(42)13-11-25)40(20-23-4-2-16-37-19-23)29(43)18-22-6-14-27(15-7-22)44-33(34,35)36/h2-7,10-17,19,21,42H,8-9,18,20H2,1H3. The molecule has 11 heteroatoms. The van der Waals surface area contributed by atoms with Crippen molar-refractivity contribution in [2.24, 2.45) is 4.99 Å². The van der Waals surface area contributed by atoms with Crippen molar-refractivity contribution in [1.29, 1.82) is 0 Å². The predicted molar refractivity (Wildman–Crippen MR) is 159 cm³/mol. The van der Waals surface area contributed by atoms with Crippen LogP contribution in [0.2, 0.25) is 0 Å². The number of nitrogens with zero attached hydrogens (tertiary/aromatic N) is 5. The molecule has 6 rings (SSSR count). The first-order valence-electron chi connectivity index (χ1n) is 14.0. The van der Waals surface area contributed by atoms with Crippen LogP contribution in [0.3, 0.4) is 0 Å². The Bertz CT molecular complexity index is 1720. The Morgan fingerprint density at radius 1 is 1.00 bits per heavy atom. The lowest BCUT2D eigenvalue weighted by molar-refractivity contribution is -0.274. The molecule has 1 fully saturated rings. The number of halogens is 3. The number of pyridine rings is 2. The summed E-state index contributed by atoms with van der Waals surface area (Å²) in [6.07, 6.45) is 1.99. The van der Waals surface area contributed by atoms with E-state index in [-0.39, 0.29) is 30.4 Å². The Kier molecular flexibility index (Phi) is 7.77. The lowest BCUT2D eigenvalue weighted by Crippen LogP contribution is -2.50. The van der Waals surface area contributed by atoms with E-state index in [1.165, 1.54) is 29.8 Å². The van der Waals surface area contributed by atoms with E-state index in [0.717, 1.165) is 35.4 Å². The van der Waals surface area contributed by atoms with Crippen molar-refractivity contribution in [2.45, 2.75) is 45.1 Å². The monoisotopic (exact) mass is 599 g/mol. The van der Waals surface area contributed by atoms with Gasteiger partial charge in [0.1, 0.15) is 17.3 Å². The van der Waals surface area contributed by atoms with Gasteiger partial charge in [-0.05, 0) is 91.1 Å². The third-order valence-corrected chi connectivity index (χ3v) is 7.41. The number of aliphatic imine (C=N–C) groups is 1. The molecule has 0 radical (unpaired) electrons. The third-order valence-electron chi connectivity index (χ3n) is 7.41. The summed E-state index contributed by atoms with van der Waals surface area (Å²) in [5.74, 6) is 0.629. The second-order valence-electron chi connectivity index (χ2n) is 10.6. The summed E-state index contributed by atoms with van der Waals surface area (Å²) >= 11 is 0. The SMILES string of the molecule is CC(C1=Nc2ncccc2C(=C2CC2)N1c1ccc(O)cc1)N(Cc1cccnc1)C(=O)Cc1ccc(OC(F)(F)F)cc1. The van der Waals surface area contributed by atoms with E-state index in [1.807, 2.05) is 30.0 Å². The minimum absolute atomic E-state index is 0.0633. The van der Waals surface area contributed by atoms with E-state index in [0.29, 0.717) is 17.2 Å². The maximum absolute atomic E-state index is 14.0. The number of carbonyl (C=O) groups excluding carboxylic acids is 1. The van der Waals surface area contributed by atoms with Crippen LogP contribution in [0.25, 0.3) is 5.70 Å². The fourth-order valence-electron chi connectivity index (χ4n) is 5.21. The summed E-state index contributed by atoms with van der Waals surface area (Å²) in [6, 6.07) is 19.0. The number of hydrogen-bond acceptors (Lipinski definition) is 7. The maximum atomic E-state index is 14.0. The van der Waals surface area contributed by atoms with Gasteiger partial charge in [-0.15, -0.1) is 13.2 Å². The normalized spacial score (nSPS) is 14.9. The quantitative estimate of drug-likeness (QED) is 0.240. The van der Waals surface area contributed by atoms with Crippen LogP contribution < -0.4 is 9.64 Å². The van der Waals surface area contributed by atoms with Gasteiger partial charge in [0.2, 0.25) is 5.91 Å². The fourth-order valence-corrected chi connectivity index (χ4v) is 5.21. The Hall–Kier alpha value is -5.19. The molecule has 1 atom stereocenters. The van der Waals surface area contributed by atoms with Crippen LogP contribution in [0.1, 0.15) is 36.5 Å². The van der Waals surface area contributed by atoms with Gasteiger partial charge in [0, 0.05) is 36.4 Å². The highest BCUT2D eigenvalue weighted by Crippen LogP contribution is 2.45. The van der Waals surface area contributed by atoms with Gasteiger partial charge in [-0.3, -0.25) is 14.7 Å². The number of aromatic nitrogens is 2. The molecule has 2 aromatic carbocycles. The number of rotatable bonds is 8. The smallest absolute Gasteiger partial charge is 0.508 e. The molecule has 1 amide bonds. The average molecular weight is 600 g/mol. The van der Waals surface area contributed by atoms with Crippen LogP contribution in [0, 0.1) is 0 Å². The lowest BCUT2D eigenvalue weighted by atomic mass is 10.0. The number of allylic oxidation sites excluding steroid dienone is 1. The predicted octanol–water partition coefficient (Wildman–Crippen LogP) is 6.80. The molecule has 3 heterocycles. The molecule has 0 bridgehead atoms. The van der Waals surface area contributed by atoms with Gasteiger partial charge >= 0.3 is 6.36 Å². The van der Waals surface area contributed by atoms with Crippen LogP contribution >= 0.6 is 0 Å². The molecule has 1 saturated carbocycles. The lowest BCUT2D eigenvalue weighted by Gasteiger charge is -2.39. The third kappa shape index (κ3) is 6.41. The topological polar surface area (TPSA) is 91.1 Å². The van der Waals surface area contributed by atoms with E-state index in [2.05, 4.69) is 14.7 Å². The summed E-state index contributed by atoms with van der Waals surface area (Å²) < 4.78 is 41.9. The molecule has 1 aliphatic heterocycles. The van der Waals surface area contributed by atoms with Gasteiger partial charge in [-0.2, -0.15) is 0 Å². The molecule has 1 unspecified atom stereocenters. The highest BCUT2D eigenvalue weighted by Gasteiger charge is 2.37. The van der Waals surface area contributed by atoms with Crippen molar-refractivity contribution < 1.29 is 27.8 Å². The van der Waals surface area contributed by atoms with Gasteiger partial charge in [0.05, 0.1) is 18.2 Å². The van der Waals surface area contributed by atoms with E-state index < -0.39 is 12.4 Å². The highest BCUT2D eigenvalue weighted by molar-refractivity contribution is 6.16. The van der Waals surface area contributed by atoms with Gasteiger partial charge < -0.3 is 14.7 Å². The average Bonchev–Trinajstić information content (AvgIpc) is 3.85. The summed E-state index contributed by atoms with van der Waals surface area (Å²) in [5.41, 5.74) is 5.18. The summed E-state index contributed by atoms with van der Waals surface area (Å²) in [7, 11) is 0. The minimum Gasteiger partial charge on any atom is -0.508 e. The molecule has 8 nitrogen and oxygen atoms in total. The van der Waals surface area contributed by atoms with Crippen molar-refractivity contribution in [3.05, 3.63) is 114 Å². The molecule has 1 N–H and O–H groups in total. The number of phenolic OH excluding ortho intramolecular Hbond substituents is 1. The van der Waals surface area contributed by atoms with E-state index in [9.17, 15) is 23.1 Å². The van der Waals surface area contributed by atoms with Crippen molar-refractivity contribution >= 4 is 28.9 Å². The molecule has 1 aliphatic carbocycles.